The second-order valence-corrected chi connectivity index (χ2v) is 5.01. The van der Waals surface area contributed by atoms with Crippen molar-refractivity contribution in [2.45, 2.75) is 38.6 Å². The van der Waals surface area contributed by atoms with E-state index in [1.807, 2.05) is 19.1 Å². The molecule has 0 unspecified atom stereocenters. The first-order valence-corrected chi connectivity index (χ1v) is 7.11. The Morgan fingerprint density at radius 2 is 1.90 bits per heavy atom. The summed E-state index contributed by atoms with van der Waals surface area (Å²) in [7, 11) is 3.13. The molecule has 0 saturated carbocycles. The summed E-state index contributed by atoms with van der Waals surface area (Å²) in [5.41, 5.74) is 0.860. The number of likely N-dealkylation sites (N-methyl/N-ethyl adjacent to an activating group) is 1. The second-order valence-electron chi connectivity index (χ2n) is 5.01. The molecule has 0 spiro atoms. The molecule has 0 fully saturated rings. The van der Waals surface area contributed by atoms with Crippen LogP contribution in [-0.2, 0) is 16.0 Å². The third-order valence-corrected chi connectivity index (χ3v) is 3.48. The summed E-state index contributed by atoms with van der Waals surface area (Å²) in [6.45, 7) is 2.00. The zero-order valence-corrected chi connectivity index (χ0v) is 12.8. The van der Waals surface area contributed by atoms with Crippen LogP contribution in [0, 0.1) is 0 Å². The predicted octanol–water partition coefficient (Wildman–Crippen LogP) is 2.34. The number of rotatable bonds is 8. The maximum absolute atomic E-state index is 12.0. The largest absolute Gasteiger partial charge is 0.497 e. The summed E-state index contributed by atoms with van der Waals surface area (Å²) in [6.07, 6.45) is 2.36. The highest BCUT2D eigenvalue weighted by molar-refractivity contribution is 5.83. The monoisotopic (exact) mass is 293 g/mol. The van der Waals surface area contributed by atoms with Gasteiger partial charge in [-0.25, -0.2) is 4.79 Å². The van der Waals surface area contributed by atoms with Gasteiger partial charge >= 0.3 is 5.97 Å². The van der Waals surface area contributed by atoms with E-state index in [4.69, 9.17) is 4.74 Å². The van der Waals surface area contributed by atoms with Crippen LogP contribution in [0.1, 0.15) is 31.7 Å². The molecule has 1 amide bonds. The van der Waals surface area contributed by atoms with Gasteiger partial charge in [-0.15, -0.1) is 0 Å². The van der Waals surface area contributed by atoms with E-state index in [9.17, 15) is 14.7 Å². The maximum atomic E-state index is 12.0. The van der Waals surface area contributed by atoms with E-state index in [2.05, 4.69) is 0 Å². The van der Waals surface area contributed by atoms with Crippen LogP contribution < -0.4 is 4.74 Å². The van der Waals surface area contributed by atoms with Gasteiger partial charge in [0.05, 0.1) is 7.11 Å². The minimum atomic E-state index is -0.988. The Morgan fingerprint density at radius 3 is 2.38 bits per heavy atom. The van der Waals surface area contributed by atoms with Crippen LogP contribution in [0.3, 0.4) is 0 Å². The van der Waals surface area contributed by atoms with Crippen LogP contribution in [0.25, 0.3) is 0 Å². The van der Waals surface area contributed by atoms with E-state index in [1.54, 1.807) is 26.3 Å². The third-order valence-electron chi connectivity index (χ3n) is 3.48. The van der Waals surface area contributed by atoms with E-state index in [1.165, 1.54) is 4.90 Å². The second kappa shape index (κ2) is 8.29. The Bertz CT molecular complexity index is 470. The highest BCUT2D eigenvalue weighted by atomic mass is 16.5. The maximum Gasteiger partial charge on any atom is 0.326 e. The Labute approximate surface area is 125 Å². The fraction of sp³-hybridized carbons (Fsp3) is 0.500. The first-order valence-electron chi connectivity index (χ1n) is 7.11. The minimum absolute atomic E-state index is 0.127. The van der Waals surface area contributed by atoms with Crippen molar-refractivity contribution in [3.05, 3.63) is 29.8 Å². The summed E-state index contributed by atoms with van der Waals surface area (Å²) >= 11 is 0. The fourth-order valence-electron chi connectivity index (χ4n) is 2.05. The molecule has 1 aromatic carbocycles. The zero-order valence-electron chi connectivity index (χ0n) is 12.8. The van der Waals surface area contributed by atoms with E-state index >= 15 is 0 Å². The molecule has 116 valence electrons. The van der Waals surface area contributed by atoms with E-state index in [-0.39, 0.29) is 12.3 Å². The fourth-order valence-corrected chi connectivity index (χ4v) is 2.05. The van der Waals surface area contributed by atoms with Crippen LogP contribution in [0.15, 0.2) is 24.3 Å². The highest BCUT2D eigenvalue weighted by Crippen LogP contribution is 2.15. The normalized spacial score (nSPS) is 11.8. The highest BCUT2D eigenvalue weighted by Gasteiger charge is 2.26. The molecule has 5 nitrogen and oxygen atoms in total. The lowest BCUT2D eigenvalue weighted by atomic mass is 10.0. The molecule has 0 saturated heterocycles. The molecule has 0 bridgehead atoms. The van der Waals surface area contributed by atoms with Crippen LogP contribution in [0.5, 0.6) is 5.75 Å². The zero-order chi connectivity index (χ0) is 15.8. The predicted molar refractivity (Wildman–Crippen MR) is 80.4 cm³/mol. The van der Waals surface area contributed by atoms with Gasteiger partial charge in [-0.3, -0.25) is 4.79 Å². The number of methoxy groups -OCH3 is 1. The summed E-state index contributed by atoms with van der Waals surface area (Å²) in [4.78, 5) is 24.7. The molecule has 1 rings (SSSR count). The van der Waals surface area contributed by atoms with E-state index in [0.717, 1.165) is 24.2 Å². The number of carboxylic acids is 1. The average molecular weight is 293 g/mol. The van der Waals surface area contributed by atoms with Crippen molar-refractivity contribution in [1.29, 1.82) is 0 Å². The van der Waals surface area contributed by atoms with Crippen LogP contribution in [0.4, 0.5) is 0 Å². The van der Waals surface area contributed by atoms with Gasteiger partial charge in [-0.2, -0.15) is 0 Å². The Hall–Kier alpha value is -2.04. The Balaban J connectivity index is 2.76. The van der Waals surface area contributed by atoms with Crippen molar-refractivity contribution >= 4 is 11.9 Å². The third kappa shape index (κ3) is 5.10. The lowest BCUT2D eigenvalue weighted by molar-refractivity contribution is -0.149. The number of benzene rings is 1. The van der Waals surface area contributed by atoms with Gasteiger partial charge in [-0.05, 0) is 24.1 Å². The number of carbonyl (C=O) groups is 2. The summed E-state index contributed by atoms with van der Waals surface area (Å²) < 4.78 is 5.07. The minimum Gasteiger partial charge on any atom is -0.497 e. The molecule has 21 heavy (non-hydrogen) atoms. The smallest absolute Gasteiger partial charge is 0.326 e. The molecule has 0 heterocycles. The molecule has 1 N–H and O–H groups in total. The molecule has 0 radical (unpaired) electrons. The number of amides is 1. The van der Waals surface area contributed by atoms with Crippen molar-refractivity contribution in [3.8, 4) is 5.75 Å². The van der Waals surface area contributed by atoms with Gasteiger partial charge in [0.15, 0.2) is 0 Å². The number of carbonyl (C=O) groups excluding carboxylic acids is 1. The average Bonchev–Trinajstić information content (AvgIpc) is 2.49. The molecule has 0 aromatic heterocycles. The van der Waals surface area contributed by atoms with Crippen LogP contribution >= 0.6 is 0 Å². The van der Waals surface area contributed by atoms with E-state index < -0.39 is 12.0 Å². The Kier molecular flexibility index (Phi) is 6.72. The molecule has 0 aliphatic rings. The quantitative estimate of drug-likeness (QED) is 0.799. The van der Waals surface area contributed by atoms with Gasteiger partial charge in [0.25, 0.3) is 0 Å². The lowest BCUT2D eigenvalue weighted by Crippen LogP contribution is -2.43. The van der Waals surface area contributed by atoms with Gasteiger partial charge in [0, 0.05) is 19.9 Å². The number of hydrogen-bond donors (Lipinski definition) is 1. The van der Waals surface area contributed by atoms with Crippen molar-refractivity contribution < 1.29 is 19.4 Å². The topological polar surface area (TPSA) is 66.8 Å². The van der Waals surface area contributed by atoms with Crippen molar-refractivity contribution in [1.82, 2.24) is 4.90 Å². The molecule has 1 atom stereocenters. The Morgan fingerprint density at radius 1 is 1.29 bits per heavy atom. The van der Waals surface area contributed by atoms with Gasteiger partial charge in [0.1, 0.15) is 11.8 Å². The van der Waals surface area contributed by atoms with Crippen LogP contribution in [0.2, 0.25) is 0 Å². The summed E-state index contributed by atoms with van der Waals surface area (Å²) in [5, 5.41) is 9.36. The molecule has 0 aliphatic carbocycles. The number of ether oxygens (including phenoxy) is 1. The molecular formula is C16H23NO4. The van der Waals surface area contributed by atoms with Crippen molar-refractivity contribution in [2.24, 2.45) is 0 Å². The molecule has 0 aliphatic heterocycles. The lowest BCUT2D eigenvalue weighted by Gasteiger charge is -2.25. The van der Waals surface area contributed by atoms with Gasteiger partial charge in [0.2, 0.25) is 5.91 Å². The van der Waals surface area contributed by atoms with Crippen LogP contribution in [-0.4, -0.2) is 42.1 Å². The molecule has 1 aromatic rings. The first-order chi connectivity index (χ1) is 9.99. The number of nitrogens with zero attached hydrogens (tertiary/aromatic N) is 1. The van der Waals surface area contributed by atoms with E-state index in [0.29, 0.717) is 6.42 Å². The standard InChI is InChI=1S/C16H23NO4/c1-4-5-6-15(18)17(2)14(16(19)20)11-12-7-9-13(21-3)10-8-12/h7-10,14H,4-6,11H2,1-3H3,(H,19,20)/t14-/m0/s1. The number of aliphatic carboxylic acids is 1. The van der Waals surface area contributed by atoms with Gasteiger partial charge in [-0.1, -0.05) is 25.5 Å². The van der Waals surface area contributed by atoms with Gasteiger partial charge < -0.3 is 14.7 Å². The number of hydrogen-bond acceptors (Lipinski definition) is 3. The number of unbranched alkanes of at least 4 members (excludes halogenated alkanes) is 1. The molecule has 5 heteroatoms. The number of carboxylic acid groups (broad SMARTS) is 1. The molecular weight excluding hydrogens is 270 g/mol. The summed E-state index contributed by atoms with van der Waals surface area (Å²) in [6, 6.07) is 6.36. The first kappa shape index (κ1) is 17.0. The van der Waals surface area contributed by atoms with Crippen molar-refractivity contribution in [3.63, 3.8) is 0 Å². The SMILES string of the molecule is CCCCC(=O)N(C)[C@@H](Cc1ccc(OC)cc1)C(=O)O. The van der Waals surface area contributed by atoms with Crippen molar-refractivity contribution in [2.75, 3.05) is 14.2 Å². The summed E-state index contributed by atoms with van der Waals surface area (Å²) in [5.74, 6) is -0.395.